The van der Waals surface area contributed by atoms with E-state index in [1.807, 2.05) is 14.1 Å². The van der Waals surface area contributed by atoms with Crippen LogP contribution < -0.4 is 4.62 Å². The zero-order valence-electron chi connectivity index (χ0n) is 13.7. The highest BCUT2D eigenvalue weighted by Crippen LogP contribution is 2.49. The first kappa shape index (κ1) is 19.8. The molecule has 0 aliphatic carbocycles. The zero-order chi connectivity index (χ0) is 17.1. The third-order valence-electron chi connectivity index (χ3n) is 2.93. The van der Waals surface area contributed by atoms with Crippen LogP contribution in [0, 0.1) is 0 Å². The lowest BCUT2D eigenvalue weighted by atomic mass is 10.4. The van der Waals surface area contributed by atoms with E-state index in [9.17, 15) is 9.36 Å². The van der Waals surface area contributed by atoms with E-state index in [-0.39, 0.29) is 5.78 Å². The summed E-state index contributed by atoms with van der Waals surface area (Å²) in [6, 6.07) is 3.54. The number of hydrogen-bond donors (Lipinski definition) is 0. The Morgan fingerprint density at radius 2 is 1.73 bits per heavy atom. The Morgan fingerprint density at radius 3 is 2.18 bits per heavy atom. The van der Waals surface area contributed by atoms with Gasteiger partial charge in [-0.2, -0.15) is 0 Å². The summed E-state index contributed by atoms with van der Waals surface area (Å²) >= 11 is 7.80. The maximum Gasteiger partial charge on any atom is 0.254 e. The molecule has 0 unspecified atom stereocenters. The molecule has 1 heterocycles. The summed E-state index contributed by atoms with van der Waals surface area (Å²) in [6.45, 7) is 0. The Labute approximate surface area is 146 Å². The number of rotatable bonds is 6. The molecule has 0 bridgehead atoms. The van der Waals surface area contributed by atoms with Crippen molar-refractivity contribution in [2.45, 2.75) is 0 Å². The first-order valence-corrected chi connectivity index (χ1v) is 10.4. The molecule has 1 aromatic heterocycles. The van der Waals surface area contributed by atoms with Crippen molar-refractivity contribution in [3.63, 3.8) is 0 Å². The van der Waals surface area contributed by atoms with Crippen LogP contribution in [0.15, 0.2) is 12.1 Å². The number of ketones is 1. The summed E-state index contributed by atoms with van der Waals surface area (Å²) in [4.78, 5) is 14.7. The van der Waals surface area contributed by atoms with E-state index in [1.165, 1.54) is 23.1 Å². The number of thioether (sulfide) groups is 1. The summed E-state index contributed by atoms with van der Waals surface area (Å²) in [7, 11) is 8.05. The fourth-order valence-corrected chi connectivity index (χ4v) is 6.86. The van der Waals surface area contributed by atoms with Gasteiger partial charge in [-0.05, 0) is 40.3 Å². The lowest BCUT2D eigenvalue weighted by Crippen LogP contribution is -2.27. The molecule has 1 rings (SSSR count). The molecule has 1 aromatic rings. The molecule has 9 heteroatoms. The van der Waals surface area contributed by atoms with Gasteiger partial charge >= 0.3 is 0 Å². The van der Waals surface area contributed by atoms with E-state index in [4.69, 9.17) is 12.2 Å². The number of thiophene rings is 1. The predicted molar refractivity (Wildman–Crippen MR) is 102 cm³/mol. The van der Waals surface area contributed by atoms with Crippen LogP contribution in [-0.2, 0) is 4.57 Å². The minimum absolute atomic E-state index is 0.00881. The van der Waals surface area contributed by atoms with E-state index >= 15 is 0 Å². The lowest BCUT2D eigenvalue weighted by molar-refractivity contribution is 0.102. The average Bonchev–Trinajstić information content (AvgIpc) is 2.92. The van der Waals surface area contributed by atoms with Crippen molar-refractivity contribution in [2.24, 2.45) is 0 Å². The lowest BCUT2D eigenvalue weighted by Gasteiger charge is -2.29. The van der Waals surface area contributed by atoms with Crippen LogP contribution in [0.25, 0.3) is 0 Å². The Kier molecular flexibility index (Phi) is 7.23. The van der Waals surface area contributed by atoms with Crippen LogP contribution >= 0.6 is 42.8 Å². The van der Waals surface area contributed by atoms with Gasteiger partial charge in [0.2, 0.25) is 0 Å². The summed E-state index contributed by atoms with van der Waals surface area (Å²) in [6.07, 6.45) is 0. The minimum Gasteiger partial charge on any atom is -0.364 e. The van der Waals surface area contributed by atoms with Crippen molar-refractivity contribution in [1.82, 2.24) is 14.2 Å². The summed E-state index contributed by atoms with van der Waals surface area (Å²) < 4.78 is 17.9. The Balaban J connectivity index is 2.90. The highest BCUT2D eigenvalue weighted by Gasteiger charge is 2.32. The number of carbonyl (C=O) groups is 1. The minimum atomic E-state index is -2.80. The topological polar surface area (TPSA) is 43.9 Å². The number of hydrogen-bond acceptors (Lipinski definition) is 5. The van der Waals surface area contributed by atoms with Crippen molar-refractivity contribution in [2.75, 3.05) is 48.0 Å². The fourth-order valence-electron chi connectivity index (χ4n) is 1.71. The quantitative estimate of drug-likeness (QED) is 0.427. The van der Waals surface area contributed by atoms with Gasteiger partial charge in [0.1, 0.15) is 4.32 Å². The summed E-state index contributed by atoms with van der Waals surface area (Å²) in [5.74, 6) is 0.306. The van der Waals surface area contributed by atoms with Crippen LogP contribution in [-0.4, -0.2) is 72.4 Å². The van der Waals surface area contributed by atoms with E-state index in [0.717, 1.165) is 0 Å². The second kappa shape index (κ2) is 8.04. The molecule has 0 radical (unpaired) electrons. The van der Waals surface area contributed by atoms with E-state index in [2.05, 4.69) is 0 Å². The molecule has 0 aliphatic heterocycles. The van der Waals surface area contributed by atoms with Gasteiger partial charge in [0.05, 0.1) is 15.2 Å². The molecular formula is C13H22N3O2PS3. The highest BCUT2D eigenvalue weighted by molar-refractivity contribution is 8.23. The van der Waals surface area contributed by atoms with Crippen molar-refractivity contribution >= 4 is 57.5 Å². The number of Topliss-reactive ketones (excluding diaryl/α,β-unsaturated/α-hetero) is 1. The van der Waals surface area contributed by atoms with Gasteiger partial charge in [0, 0.05) is 14.1 Å². The number of thiocarbonyl (C=S) groups is 1. The molecule has 5 nitrogen and oxygen atoms in total. The summed E-state index contributed by atoms with van der Waals surface area (Å²) in [5, 5.41) is 0. The summed E-state index contributed by atoms with van der Waals surface area (Å²) in [5.41, 5.74) is 0. The smallest absolute Gasteiger partial charge is 0.254 e. The molecule has 0 saturated carbocycles. The maximum atomic E-state index is 13.1. The largest absolute Gasteiger partial charge is 0.364 e. The van der Waals surface area contributed by atoms with Crippen molar-refractivity contribution in [1.29, 1.82) is 0 Å². The Bertz CT molecular complexity index is 587. The van der Waals surface area contributed by atoms with Crippen LogP contribution in [0.3, 0.4) is 0 Å². The first-order chi connectivity index (χ1) is 10.1. The van der Waals surface area contributed by atoms with Gasteiger partial charge in [0.15, 0.2) is 5.78 Å². The van der Waals surface area contributed by atoms with E-state index in [0.29, 0.717) is 19.6 Å². The van der Waals surface area contributed by atoms with Crippen LogP contribution in [0.4, 0.5) is 0 Å². The monoisotopic (exact) mass is 379 g/mol. The van der Waals surface area contributed by atoms with Crippen molar-refractivity contribution in [3.8, 4) is 0 Å². The van der Waals surface area contributed by atoms with Crippen LogP contribution in [0.5, 0.6) is 0 Å². The third-order valence-corrected chi connectivity index (χ3v) is 9.48. The predicted octanol–water partition coefficient (Wildman–Crippen LogP) is 2.45. The van der Waals surface area contributed by atoms with Gasteiger partial charge in [0.25, 0.3) is 7.44 Å². The average molecular weight is 380 g/mol. The van der Waals surface area contributed by atoms with Crippen molar-refractivity contribution in [3.05, 3.63) is 17.0 Å². The molecule has 0 aromatic carbocycles. The Hall–Kier alpha value is -0.240. The molecule has 0 atom stereocenters. The van der Waals surface area contributed by atoms with Gasteiger partial charge < -0.3 is 4.90 Å². The third kappa shape index (κ3) is 4.40. The van der Waals surface area contributed by atoms with Gasteiger partial charge in [-0.3, -0.25) is 9.36 Å². The molecule has 0 N–H and O–H groups in total. The van der Waals surface area contributed by atoms with Crippen LogP contribution in [0.1, 0.15) is 9.67 Å². The van der Waals surface area contributed by atoms with Gasteiger partial charge in [-0.1, -0.05) is 24.0 Å². The van der Waals surface area contributed by atoms with E-state index < -0.39 is 7.44 Å². The first-order valence-electron chi connectivity index (χ1n) is 6.54. The maximum absolute atomic E-state index is 13.1. The highest BCUT2D eigenvalue weighted by atomic mass is 32.2. The molecule has 0 saturated heterocycles. The zero-order valence-corrected chi connectivity index (χ0v) is 17.0. The molecule has 124 valence electrons. The number of carbonyl (C=O) groups excluding carboxylic acids is 1. The fraction of sp³-hybridized carbons (Fsp3) is 0.538. The second-order valence-corrected chi connectivity index (χ2v) is 11.4. The molecule has 0 amide bonds. The van der Waals surface area contributed by atoms with Gasteiger partial charge in [-0.25, -0.2) is 9.34 Å². The molecule has 0 aliphatic rings. The number of nitrogens with zero attached hydrogens (tertiary/aromatic N) is 3. The SMILES string of the molecule is CN(C)C(=S)SCC(=O)c1ccc(P(=O)(N(C)C)N(C)C)s1. The molecular weight excluding hydrogens is 357 g/mol. The van der Waals surface area contributed by atoms with Crippen molar-refractivity contribution < 1.29 is 9.36 Å². The van der Waals surface area contributed by atoms with Gasteiger partial charge in [-0.15, -0.1) is 11.3 Å². The molecule has 0 fully saturated rings. The second-order valence-electron chi connectivity index (χ2n) is 5.25. The van der Waals surface area contributed by atoms with Crippen LogP contribution in [0.2, 0.25) is 0 Å². The van der Waals surface area contributed by atoms with E-state index in [1.54, 1.807) is 54.6 Å². The standard InChI is InChI=1S/C13H22N3O2PS3/c1-14(2)13(20)21-9-10(17)11-7-8-12(22-11)19(18,15(3)4)16(5)6/h7-8H,9H2,1-6H3. The molecule has 22 heavy (non-hydrogen) atoms. The normalized spacial score (nSPS) is 12.0. The Morgan fingerprint density at radius 1 is 1.18 bits per heavy atom. The molecule has 0 spiro atoms.